The molecule has 1 fully saturated rings. The predicted octanol–water partition coefficient (Wildman–Crippen LogP) is 0.755. The molecule has 1 saturated heterocycles. The molecular formula is C12H20ClN3O2S. The molecule has 2 N–H and O–H groups in total. The van der Waals surface area contributed by atoms with Gasteiger partial charge in [-0.3, -0.25) is 9.62 Å². The zero-order valence-electron chi connectivity index (χ0n) is 10.7. The first-order valence-corrected chi connectivity index (χ1v) is 7.79. The van der Waals surface area contributed by atoms with Crippen LogP contribution in [0.4, 0.5) is 5.69 Å². The Bertz CT molecular complexity index is 461. The summed E-state index contributed by atoms with van der Waals surface area (Å²) >= 11 is 0. The molecule has 19 heavy (non-hydrogen) atoms. The van der Waals surface area contributed by atoms with Crippen LogP contribution >= 0.6 is 12.4 Å². The normalized spacial score (nSPS) is 16.6. The van der Waals surface area contributed by atoms with Gasteiger partial charge < -0.3 is 5.32 Å². The highest BCUT2D eigenvalue weighted by Gasteiger charge is 2.15. The Morgan fingerprint density at radius 2 is 1.79 bits per heavy atom. The van der Waals surface area contributed by atoms with E-state index in [2.05, 4.69) is 14.9 Å². The van der Waals surface area contributed by atoms with Crippen molar-refractivity contribution in [3.05, 3.63) is 30.3 Å². The first-order valence-electron chi connectivity index (χ1n) is 6.14. The number of benzene rings is 1. The Balaban J connectivity index is 0.00000180. The number of hydrogen-bond donors (Lipinski definition) is 2. The lowest BCUT2D eigenvalue weighted by molar-refractivity contribution is 0.254. The lowest BCUT2D eigenvalue weighted by Gasteiger charge is -2.26. The molecule has 1 aromatic carbocycles. The van der Waals surface area contributed by atoms with E-state index in [9.17, 15) is 8.42 Å². The van der Waals surface area contributed by atoms with Gasteiger partial charge in [0.15, 0.2) is 0 Å². The number of rotatable bonds is 5. The molecule has 1 aliphatic heterocycles. The summed E-state index contributed by atoms with van der Waals surface area (Å²) < 4.78 is 26.4. The molecule has 2 rings (SSSR count). The summed E-state index contributed by atoms with van der Waals surface area (Å²) in [5.74, 6) is 0.141. The molecule has 1 aliphatic rings. The van der Waals surface area contributed by atoms with Crippen molar-refractivity contribution < 1.29 is 8.42 Å². The van der Waals surface area contributed by atoms with Gasteiger partial charge in [-0.2, -0.15) is 0 Å². The van der Waals surface area contributed by atoms with Crippen LogP contribution in [0, 0.1) is 0 Å². The molecule has 0 aliphatic carbocycles. The minimum Gasteiger partial charge on any atom is -0.314 e. The molecule has 0 saturated carbocycles. The highest BCUT2D eigenvalue weighted by molar-refractivity contribution is 7.92. The van der Waals surface area contributed by atoms with Crippen LogP contribution in [0.5, 0.6) is 0 Å². The van der Waals surface area contributed by atoms with E-state index in [1.54, 1.807) is 12.1 Å². The van der Waals surface area contributed by atoms with Crippen LogP contribution in [0.15, 0.2) is 30.3 Å². The van der Waals surface area contributed by atoms with Crippen molar-refractivity contribution in [3.63, 3.8) is 0 Å². The van der Waals surface area contributed by atoms with E-state index in [1.807, 2.05) is 18.2 Å². The van der Waals surface area contributed by atoms with Crippen molar-refractivity contribution in [2.24, 2.45) is 0 Å². The molecule has 0 bridgehead atoms. The third-order valence-electron chi connectivity index (χ3n) is 2.93. The minimum absolute atomic E-state index is 0. The van der Waals surface area contributed by atoms with E-state index in [1.165, 1.54) is 0 Å². The molecule has 0 radical (unpaired) electrons. The minimum atomic E-state index is -3.25. The van der Waals surface area contributed by atoms with E-state index in [4.69, 9.17) is 0 Å². The van der Waals surface area contributed by atoms with Crippen LogP contribution in [0.25, 0.3) is 0 Å². The number of sulfonamides is 1. The third kappa shape index (κ3) is 5.78. The predicted molar refractivity (Wildman–Crippen MR) is 80.4 cm³/mol. The van der Waals surface area contributed by atoms with Gasteiger partial charge in [0.25, 0.3) is 0 Å². The summed E-state index contributed by atoms with van der Waals surface area (Å²) in [4.78, 5) is 2.17. The Hall–Kier alpha value is -0.820. The van der Waals surface area contributed by atoms with Crippen molar-refractivity contribution in [1.82, 2.24) is 10.2 Å². The van der Waals surface area contributed by atoms with Crippen molar-refractivity contribution in [3.8, 4) is 0 Å². The number of piperazine rings is 1. The highest BCUT2D eigenvalue weighted by atomic mass is 35.5. The summed E-state index contributed by atoms with van der Waals surface area (Å²) in [6.45, 7) is 4.30. The Morgan fingerprint density at radius 3 is 2.42 bits per heavy atom. The van der Waals surface area contributed by atoms with Crippen molar-refractivity contribution in [2.75, 3.05) is 43.2 Å². The fourth-order valence-corrected chi connectivity index (χ4v) is 3.02. The second kappa shape index (κ2) is 7.69. The molecular weight excluding hydrogens is 286 g/mol. The highest BCUT2D eigenvalue weighted by Crippen LogP contribution is 2.08. The Labute approximate surface area is 120 Å². The zero-order chi connectivity index (χ0) is 12.8. The largest absolute Gasteiger partial charge is 0.314 e. The molecule has 5 nitrogen and oxygen atoms in total. The van der Waals surface area contributed by atoms with Gasteiger partial charge in [0.2, 0.25) is 10.0 Å². The Morgan fingerprint density at radius 1 is 1.16 bits per heavy atom. The average molecular weight is 306 g/mol. The summed E-state index contributed by atoms with van der Waals surface area (Å²) in [5, 5.41) is 3.24. The summed E-state index contributed by atoms with van der Waals surface area (Å²) in [6, 6.07) is 8.99. The molecule has 1 heterocycles. The number of halogens is 1. The van der Waals surface area contributed by atoms with Gasteiger partial charge in [-0.15, -0.1) is 12.4 Å². The van der Waals surface area contributed by atoms with Gasteiger partial charge >= 0.3 is 0 Å². The average Bonchev–Trinajstić information content (AvgIpc) is 2.38. The lowest BCUT2D eigenvalue weighted by Crippen LogP contribution is -2.45. The van der Waals surface area contributed by atoms with Gasteiger partial charge in [0, 0.05) is 38.4 Å². The monoisotopic (exact) mass is 305 g/mol. The molecule has 0 amide bonds. The van der Waals surface area contributed by atoms with Crippen molar-refractivity contribution >= 4 is 28.1 Å². The molecule has 0 aromatic heterocycles. The standard InChI is InChI=1S/C12H19N3O2S.ClH/c16-18(17,14-12-4-2-1-3-5-12)11-10-15-8-6-13-7-9-15;/h1-5,13-14H,6-11H2;1H. The molecule has 0 spiro atoms. The molecule has 1 aromatic rings. The first-order chi connectivity index (χ1) is 8.66. The van der Waals surface area contributed by atoms with Gasteiger partial charge in [0.05, 0.1) is 5.75 Å². The summed E-state index contributed by atoms with van der Waals surface area (Å²) in [5.41, 5.74) is 0.623. The van der Waals surface area contributed by atoms with Gasteiger partial charge in [-0.05, 0) is 12.1 Å². The quantitative estimate of drug-likeness (QED) is 0.843. The topological polar surface area (TPSA) is 61.4 Å². The number of nitrogens with zero attached hydrogens (tertiary/aromatic N) is 1. The van der Waals surface area contributed by atoms with Crippen LogP contribution < -0.4 is 10.0 Å². The van der Waals surface area contributed by atoms with E-state index >= 15 is 0 Å². The molecule has 108 valence electrons. The van der Waals surface area contributed by atoms with Gasteiger partial charge in [0.1, 0.15) is 0 Å². The van der Waals surface area contributed by atoms with Crippen LogP contribution in [0.3, 0.4) is 0 Å². The van der Waals surface area contributed by atoms with Gasteiger partial charge in [-0.1, -0.05) is 18.2 Å². The third-order valence-corrected chi connectivity index (χ3v) is 4.20. The van der Waals surface area contributed by atoms with E-state index < -0.39 is 10.0 Å². The first kappa shape index (κ1) is 16.2. The van der Waals surface area contributed by atoms with Crippen LogP contribution in [-0.4, -0.2) is 51.8 Å². The van der Waals surface area contributed by atoms with E-state index in [0.717, 1.165) is 26.2 Å². The SMILES string of the molecule is Cl.O=S(=O)(CCN1CCNCC1)Nc1ccccc1. The number of nitrogens with one attached hydrogen (secondary N) is 2. The Kier molecular flexibility index (Phi) is 6.57. The van der Waals surface area contributed by atoms with Gasteiger partial charge in [-0.25, -0.2) is 8.42 Å². The zero-order valence-corrected chi connectivity index (χ0v) is 12.3. The molecule has 0 atom stereocenters. The number of anilines is 1. The lowest BCUT2D eigenvalue weighted by atomic mass is 10.3. The van der Waals surface area contributed by atoms with Crippen LogP contribution in [0.1, 0.15) is 0 Å². The second-order valence-corrected chi connectivity index (χ2v) is 6.22. The molecule has 7 heteroatoms. The van der Waals surface area contributed by atoms with E-state index in [-0.39, 0.29) is 18.2 Å². The maximum absolute atomic E-state index is 11.9. The maximum Gasteiger partial charge on any atom is 0.233 e. The second-order valence-electron chi connectivity index (χ2n) is 4.38. The maximum atomic E-state index is 11.9. The number of hydrogen-bond acceptors (Lipinski definition) is 4. The van der Waals surface area contributed by atoms with Crippen molar-refractivity contribution in [2.45, 2.75) is 0 Å². The van der Waals surface area contributed by atoms with Crippen LogP contribution in [-0.2, 0) is 10.0 Å². The number of para-hydroxylation sites is 1. The fraction of sp³-hybridized carbons (Fsp3) is 0.500. The van der Waals surface area contributed by atoms with Crippen molar-refractivity contribution in [1.29, 1.82) is 0 Å². The molecule has 0 unspecified atom stereocenters. The van der Waals surface area contributed by atoms with E-state index in [0.29, 0.717) is 12.2 Å². The summed E-state index contributed by atoms with van der Waals surface area (Å²) in [7, 11) is -3.25. The fourth-order valence-electron chi connectivity index (χ4n) is 1.92. The smallest absolute Gasteiger partial charge is 0.233 e. The summed E-state index contributed by atoms with van der Waals surface area (Å²) in [6.07, 6.45) is 0. The van der Waals surface area contributed by atoms with Crippen LogP contribution in [0.2, 0.25) is 0 Å².